The largest absolute Gasteiger partial charge is 0.469 e. The third-order valence-electron chi connectivity index (χ3n) is 18.2. The van der Waals surface area contributed by atoms with Crippen molar-refractivity contribution in [2.24, 2.45) is 50.7 Å². The molecule has 3 rings (SSSR count). The summed E-state index contributed by atoms with van der Waals surface area (Å²) >= 11 is 0. The fourth-order valence-corrected chi connectivity index (χ4v) is 11.6. The molecule has 0 aromatic heterocycles. The number of hydrogen-bond acceptors (Lipinski definition) is 11. The lowest BCUT2D eigenvalue weighted by Crippen LogP contribution is -2.69. The van der Waals surface area contributed by atoms with Gasteiger partial charge in [-0.3, -0.25) is 24.0 Å². The third kappa shape index (κ3) is 11.8. The summed E-state index contributed by atoms with van der Waals surface area (Å²) in [5.74, 6) is -4.65. The number of unbranched alkanes of at least 4 members (excludes halogenated alkanes) is 1. The van der Waals surface area contributed by atoms with Crippen LogP contribution < -0.4 is 0 Å². The maximum absolute atomic E-state index is 15.3. The molecule has 1 aromatic carbocycles. The van der Waals surface area contributed by atoms with Crippen LogP contribution in [0.4, 0.5) is 0 Å². The van der Waals surface area contributed by atoms with E-state index in [0.717, 1.165) is 12.8 Å². The highest BCUT2D eigenvalue weighted by Gasteiger charge is 2.66. The highest BCUT2D eigenvalue weighted by Crippen LogP contribution is 2.64. The molecule has 67 heavy (non-hydrogen) atoms. The molecule has 11 nitrogen and oxygen atoms in total. The second-order valence-corrected chi connectivity index (χ2v) is 24.7. The second-order valence-electron chi connectivity index (χ2n) is 24.7. The number of esters is 3. The van der Waals surface area contributed by atoms with Crippen molar-refractivity contribution in [3.63, 3.8) is 0 Å². The van der Waals surface area contributed by atoms with Crippen molar-refractivity contribution >= 4 is 23.7 Å². The quantitative estimate of drug-likeness (QED) is 0.0591. The van der Waals surface area contributed by atoms with Gasteiger partial charge in [0.05, 0.1) is 54.8 Å². The van der Waals surface area contributed by atoms with Gasteiger partial charge in [0.25, 0.3) is 0 Å². The normalized spacial score (nSPS) is 25.3. The van der Waals surface area contributed by atoms with E-state index in [1.165, 1.54) is 12.7 Å². The Labute approximate surface area is 407 Å². The lowest BCUT2D eigenvalue weighted by molar-refractivity contribution is -0.354. The molecule has 8 atom stereocenters. The van der Waals surface area contributed by atoms with Crippen LogP contribution in [0, 0.1) is 50.7 Å². The number of methoxy groups -OCH3 is 1. The molecule has 2 saturated heterocycles. The van der Waals surface area contributed by atoms with Gasteiger partial charge in [0.1, 0.15) is 18.5 Å². The Kier molecular flexibility index (Phi) is 18.5. The first-order valence-corrected chi connectivity index (χ1v) is 25.3. The SMILES string of the molecule is CCCCOC(=O)C(CC(C)(C)C(C)c1ccccc1)C(C)(C)C(C)(C)C(C(=O)OC)C(C)(C)C(C)(C)C(C(=O)OCC1COC(C)(C)O1)C(C)(C)ON1C(C)(CC)CC(=O)C(C)C1(C)CC. The maximum Gasteiger partial charge on any atom is 0.312 e. The van der Waals surface area contributed by atoms with Crippen molar-refractivity contribution in [2.45, 2.75) is 218 Å². The Morgan fingerprint density at radius 3 is 1.82 bits per heavy atom. The predicted molar refractivity (Wildman–Crippen MR) is 266 cm³/mol. The van der Waals surface area contributed by atoms with Gasteiger partial charge in [-0.05, 0) is 106 Å². The number of benzene rings is 1. The van der Waals surface area contributed by atoms with Crippen molar-refractivity contribution in [3.05, 3.63) is 35.9 Å². The fourth-order valence-electron chi connectivity index (χ4n) is 11.6. The van der Waals surface area contributed by atoms with Gasteiger partial charge in [-0.25, -0.2) is 0 Å². The monoisotopic (exact) mass is 942 g/mol. The van der Waals surface area contributed by atoms with E-state index < -0.39 is 79.9 Å². The van der Waals surface area contributed by atoms with E-state index in [4.69, 9.17) is 28.5 Å². The van der Waals surface area contributed by atoms with Crippen molar-refractivity contribution in [1.29, 1.82) is 0 Å². The minimum Gasteiger partial charge on any atom is -0.469 e. The van der Waals surface area contributed by atoms with Gasteiger partial charge < -0.3 is 23.7 Å². The summed E-state index contributed by atoms with van der Waals surface area (Å²) in [4.78, 5) is 66.1. The van der Waals surface area contributed by atoms with Gasteiger partial charge in [-0.1, -0.05) is 141 Å². The van der Waals surface area contributed by atoms with Gasteiger partial charge >= 0.3 is 17.9 Å². The van der Waals surface area contributed by atoms with E-state index in [1.54, 1.807) is 0 Å². The summed E-state index contributed by atoms with van der Waals surface area (Å²) in [7, 11) is 1.41. The Morgan fingerprint density at radius 2 is 1.33 bits per heavy atom. The van der Waals surface area contributed by atoms with Crippen LogP contribution in [-0.2, 0) is 47.7 Å². The fraction of sp³-hybridized carbons (Fsp3) is 0.821. The average molecular weight is 942 g/mol. The first-order chi connectivity index (χ1) is 30.5. The zero-order valence-corrected chi connectivity index (χ0v) is 46.2. The minimum atomic E-state index is -1.28. The molecule has 0 aliphatic carbocycles. The maximum atomic E-state index is 15.3. The second kappa shape index (κ2) is 21.2. The van der Waals surface area contributed by atoms with Gasteiger partial charge in [-0.15, -0.1) is 0 Å². The smallest absolute Gasteiger partial charge is 0.312 e. The Bertz CT molecular complexity index is 1850. The van der Waals surface area contributed by atoms with Gasteiger partial charge in [-0.2, -0.15) is 5.06 Å². The zero-order valence-electron chi connectivity index (χ0n) is 46.2. The molecule has 0 bridgehead atoms. The number of ketones is 1. The lowest BCUT2D eigenvalue weighted by atomic mass is 9.44. The molecule has 0 radical (unpaired) electrons. The molecule has 2 aliphatic rings. The number of Topliss-reactive ketones (excluding diaryl/α,β-unsaturated/α-hetero) is 1. The molecule has 1 aromatic rings. The number of nitrogens with zero attached hydrogens (tertiary/aromatic N) is 1. The Hall–Kier alpha value is -2.86. The summed E-state index contributed by atoms with van der Waals surface area (Å²) in [5.41, 5.74) is -5.83. The molecule has 2 fully saturated rings. The number of hydroxylamine groups is 2. The van der Waals surface area contributed by atoms with Crippen LogP contribution in [0.2, 0.25) is 0 Å². The molecule has 384 valence electrons. The molecule has 2 aliphatic heterocycles. The van der Waals surface area contributed by atoms with Gasteiger partial charge in [0.2, 0.25) is 0 Å². The van der Waals surface area contributed by atoms with Gasteiger partial charge in [0.15, 0.2) is 5.79 Å². The van der Waals surface area contributed by atoms with E-state index >= 15 is 4.79 Å². The number of rotatable bonds is 23. The van der Waals surface area contributed by atoms with E-state index in [9.17, 15) is 14.4 Å². The van der Waals surface area contributed by atoms with Crippen LogP contribution in [0.5, 0.6) is 0 Å². The number of hydrogen-bond donors (Lipinski definition) is 0. The van der Waals surface area contributed by atoms with E-state index in [-0.39, 0.29) is 42.2 Å². The summed E-state index contributed by atoms with van der Waals surface area (Å²) in [5, 5.41) is 2.02. The minimum absolute atomic E-state index is 0.0437. The van der Waals surface area contributed by atoms with Crippen LogP contribution in [0.1, 0.15) is 195 Å². The molecule has 0 spiro atoms. The molecule has 0 saturated carbocycles. The number of carbonyl (C=O) groups excluding carboxylic acids is 4. The summed E-state index contributed by atoms with van der Waals surface area (Å²) < 4.78 is 30.2. The molecule has 0 amide bonds. The van der Waals surface area contributed by atoms with Gasteiger partial charge in [0, 0.05) is 12.3 Å². The highest BCUT2D eigenvalue weighted by atomic mass is 16.8. The summed E-state index contributed by atoms with van der Waals surface area (Å²) in [6, 6.07) is 10.4. The van der Waals surface area contributed by atoms with Crippen molar-refractivity contribution in [2.75, 3.05) is 26.9 Å². The molecule has 11 heteroatoms. The van der Waals surface area contributed by atoms with Crippen LogP contribution in [0.15, 0.2) is 30.3 Å². The van der Waals surface area contributed by atoms with Crippen LogP contribution >= 0.6 is 0 Å². The highest BCUT2D eigenvalue weighted by molar-refractivity contribution is 5.84. The van der Waals surface area contributed by atoms with Crippen LogP contribution in [0.25, 0.3) is 0 Å². The zero-order chi connectivity index (χ0) is 51.6. The first-order valence-electron chi connectivity index (χ1n) is 25.3. The van der Waals surface area contributed by atoms with Crippen molar-refractivity contribution in [1.82, 2.24) is 5.06 Å². The lowest BCUT2D eigenvalue weighted by Gasteiger charge is -2.61. The summed E-state index contributed by atoms with van der Waals surface area (Å²) in [6.07, 6.45) is 3.19. The van der Waals surface area contributed by atoms with E-state index in [1.807, 2.05) is 85.6 Å². The number of piperidine rings is 1. The standard InChI is InChI=1S/C56H95NO10/c1-23-26-32-63-45(59)41(33-48(6,7)37(4)39-30-28-27-29-31-39)49(8,9)50(10,11)43(46(60)62-22)51(12,13)52(14,15)44(47(61)64-35-40-36-65-54(18,19)66-40)53(16,17)67-57-55(20,24-2)34-42(58)38(5)56(57,21)25-3/h27-31,37-38,40-41,43-44H,23-26,32-36H2,1-22H3. The van der Waals surface area contributed by atoms with Crippen molar-refractivity contribution in [3.8, 4) is 0 Å². The summed E-state index contributed by atoms with van der Waals surface area (Å²) in [6.45, 7) is 43.3. The molecule has 0 N–H and O–H groups in total. The Balaban J connectivity index is 2.30. The predicted octanol–water partition coefficient (Wildman–Crippen LogP) is 12.3. The average Bonchev–Trinajstić information content (AvgIpc) is 3.60. The number of ether oxygens (including phenoxy) is 5. The van der Waals surface area contributed by atoms with E-state index in [2.05, 4.69) is 95.2 Å². The van der Waals surface area contributed by atoms with Crippen LogP contribution in [0.3, 0.4) is 0 Å². The first kappa shape index (κ1) is 58.5. The Morgan fingerprint density at radius 1 is 0.776 bits per heavy atom. The van der Waals surface area contributed by atoms with E-state index in [0.29, 0.717) is 32.3 Å². The molecular formula is C56H95NO10. The van der Waals surface area contributed by atoms with Crippen molar-refractivity contribution < 1.29 is 47.7 Å². The third-order valence-corrected chi connectivity index (χ3v) is 18.2. The molecular weight excluding hydrogens is 847 g/mol. The van der Waals surface area contributed by atoms with Crippen LogP contribution in [-0.4, -0.2) is 84.3 Å². The molecule has 8 unspecified atom stereocenters. The topological polar surface area (TPSA) is 127 Å². The molecule has 2 heterocycles. The number of carbonyl (C=O) groups is 4.